The van der Waals surface area contributed by atoms with Crippen LogP contribution in [0.2, 0.25) is 0 Å². The van der Waals surface area contributed by atoms with Crippen molar-refractivity contribution in [3.8, 4) is 5.75 Å². The van der Waals surface area contributed by atoms with Gasteiger partial charge in [0, 0.05) is 44.0 Å². The van der Waals surface area contributed by atoms with Gasteiger partial charge in [0.2, 0.25) is 17.2 Å². The van der Waals surface area contributed by atoms with Crippen LogP contribution in [0, 0.1) is 17.8 Å². The lowest BCUT2D eigenvalue weighted by atomic mass is 9.84. The van der Waals surface area contributed by atoms with Gasteiger partial charge in [-0.1, -0.05) is 20.3 Å². The smallest absolute Gasteiger partial charge is 0.246 e. The highest BCUT2D eigenvalue weighted by molar-refractivity contribution is 5.88. The number of hydrogen-bond donors (Lipinski definition) is 5. The van der Waals surface area contributed by atoms with E-state index in [9.17, 15) is 19.5 Å². The maximum atomic E-state index is 13.3. The predicted molar refractivity (Wildman–Crippen MR) is 140 cm³/mol. The van der Waals surface area contributed by atoms with Crippen molar-refractivity contribution in [3.05, 3.63) is 28.7 Å². The molecule has 37 heavy (non-hydrogen) atoms. The fourth-order valence-corrected chi connectivity index (χ4v) is 4.42. The van der Waals surface area contributed by atoms with Crippen molar-refractivity contribution in [2.75, 3.05) is 46.6 Å². The molecule has 0 aliphatic heterocycles. The third-order valence-corrected chi connectivity index (χ3v) is 6.66. The maximum Gasteiger partial charge on any atom is 0.246 e. The van der Waals surface area contributed by atoms with Crippen LogP contribution in [0.4, 0.5) is 0 Å². The second-order valence-corrected chi connectivity index (χ2v) is 9.65. The summed E-state index contributed by atoms with van der Waals surface area (Å²) in [6.07, 6.45) is 7.90. The minimum Gasteiger partial charge on any atom is -0.503 e. The summed E-state index contributed by atoms with van der Waals surface area (Å²) < 4.78 is 11.7. The summed E-state index contributed by atoms with van der Waals surface area (Å²) in [5.41, 5.74) is 7.69. The van der Waals surface area contributed by atoms with Gasteiger partial charge >= 0.3 is 0 Å². The first kappa shape index (κ1) is 32.6. The second-order valence-electron chi connectivity index (χ2n) is 9.65. The molecule has 0 saturated heterocycles. The van der Waals surface area contributed by atoms with Gasteiger partial charge in [-0.2, -0.15) is 0 Å². The number of aromatic hydroxyl groups is 1. The third-order valence-electron chi connectivity index (χ3n) is 6.66. The summed E-state index contributed by atoms with van der Waals surface area (Å²) in [7, 11) is 1.54. The van der Waals surface area contributed by atoms with Gasteiger partial charge in [0.15, 0.2) is 5.75 Å². The molecule has 0 spiro atoms. The molecule has 0 aliphatic rings. The summed E-state index contributed by atoms with van der Waals surface area (Å²) in [6.45, 7) is 6.97. The Morgan fingerprint density at radius 3 is 2.41 bits per heavy atom. The van der Waals surface area contributed by atoms with Crippen LogP contribution in [0.25, 0.3) is 0 Å². The first-order valence-corrected chi connectivity index (χ1v) is 13.4. The molecule has 9 N–H and O–H groups in total. The van der Waals surface area contributed by atoms with Crippen LogP contribution in [-0.2, 0) is 25.6 Å². The van der Waals surface area contributed by atoms with E-state index < -0.39 is 23.1 Å². The summed E-state index contributed by atoms with van der Waals surface area (Å²) in [5, 5.41) is 15.6. The highest BCUT2D eigenvalue weighted by Crippen LogP contribution is 2.23. The molecule has 1 heterocycles. The highest BCUT2D eigenvalue weighted by Gasteiger charge is 2.25. The summed E-state index contributed by atoms with van der Waals surface area (Å²) >= 11 is 0. The molecule has 212 valence electrons. The summed E-state index contributed by atoms with van der Waals surface area (Å²) in [4.78, 5) is 37.3. The highest BCUT2D eigenvalue weighted by atomic mass is 16.5. The Balaban J connectivity index is 2.95. The molecule has 11 heteroatoms. The van der Waals surface area contributed by atoms with Crippen molar-refractivity contribution in [2.45, 2.75) is 58.5 Å². The molecular formula is C26H49N5O6+2. The second kappa shape index (κ2) is 18.7. The molecule has 4 unspecified atom stereocenters. The van der Waals surface area contributed by atoms with E-state index in [1.54, 1.807) is 0 Å². The maximum absolute atomic E-state index is 13.3. The summed E-state index contributed by atoms with van der Waals surface area (Å²) in [5.74, 6) is 0.0546. The Hall–Kier alpha value is -2.47. The number of methoxy groups -OCH3 is 1. The minimum atomic E-state index is -0.921. The third kappa shape index (κ3) is 13.1. The van der Waals surface area contributed by atoms with E-state index in [2.05, 4.69) is 35.9 Å². The number of rotatable bonds is 20. The van der Waals surface area contributed by atoms with Crippen LogP contribution < -0.4 is 27.5 Å². The SMILES string of the molecule is CCCC(C[NH3+])CC(CNC(=O)C(Cn1ccc(=O)c(O)c1)NC(=O)COCCOC)CC(CC)C[NH3+]. The molecule has 1 rings (SSSR count). The van der Waals surface area contributed by atoms with E-state index in [4.69, 9.17) is 9.47 Å². The lowest BCUT2D eigenvalue weighted by Gasteiger charge is -2.26. The fraction of sp³-hybridized carbons (Fsp3) is 0.731. The van der Waals surface area contributed by atoms with Gasteiger partial charge in [0.25, 0.3) is 0 Å². The van der Waals surface area contributed by atoms with E-state index in [0.29, 0.717) is 25.0 Å². The predicted octanol–water partition coefficient (Wildman–Crippen LogP) is -0.859. The van der Waals surface area contributed by atoms with Crippen molar-refractivity contribution in [3.63, 3.8) is 0 Å². The van der Waals surface area contributed by atoms with E-state index in [1.165, 1.54) is 30.1 Å². The molecule has 0 radical (unpaired) electrons. The number of quaternary nitrogens is 2. The van der Waals surface area contributed by atoms with E-state index in [-0.39, 0.29) is 31.6 Å². The van der Waals surface area contributed by atoms with E-state index in [1.807, 2.05) is 0 Å². The number of ether oxygens (including phenoxy) is 2. The van der Waals surface area contributed by atoms with Gasteiger partial charge in [-0.3, -0.25) is 14.4 Å². The van der Waals surface area contributed by atoms with Crippen molar-refractivity contribution >= 4 is 11.8 Å². The lowest BCUT2D eigenvalue weighted by Crippen LogP contribution is -2.55. The van der Waals surface area contributed by atoms with Crippen LogP contribution in [0.15, 0.2) is 23.3 Å². The van der Waals surface area contributed by atoms with Gasteiger partial charge in [0.05, 0.1) is 32.8 Å². The van der Waals surface area contributed by atoms with Crippen molar-refractivity contribution in [1.29, 1.82) is 0 Å². The number of nitrogens with zero attached hydrogens (tertiary/aromatic N) is 1. The molecule has 0 aromatic carbocycles. The molecule has 0 bridgehead atoms. The molecule has 2 amide bonds. The number of nitrogens with one attached hydrogen (secondary N) is 2. The first-order valence-electron chi connectivity index (χ1n) is 13.4. The number of pyridine rings is 1. The zero-order valence-corrected chi connectivity index (χ0v) is 22.9. The van der Waals surface area contributed by atoms with Crippen LogP contribution in [0.1, 0.15) is 46.0 Å². The average Bonchev–Trinajstić information content (AvgIpc) is 2.89. The van der Waals surface area contributed by atoms with Crippen molar-refractivity contribution < 1.29 is 35.6 Å². The van der Waals surface area contributed by atoms with Gasteiger partial charge in [0.1, 0.15) is 12.6 Å². The number of aromatic nitrogens is 1. The topological polar surface area (TPSA) is 174 Å². The molecule has 4 atom stereocenters. The van der Waals surface area contributed by atoms with Crippen LogP contribution >= 0.6 is 0 Å². The fourth-order valence-electron chi connectivity index (χ4n) is 4.42. The molecule has 0 saturated carbocycles. The van der Waals surface area contributed by atoms with E-state index >= 15 is 0 Å². The van der Waals surface area contributed by atoms with Gasteiger partial charge < -0.3 is 41.2 Å². The molecule has 1 aromatic rings. The zero-order chi connectivity index (χ0) is 27.6. The summed E-state index contributed by atoms with van der Waals surface area (Å²) in [6, 6.07) is 0.293. The lowest BCUT2D eigenvalue weighted by molar-refractivity contribution is -0.381. The Kier molecular flexibility index (Phi) is 16.5. The van der Waals surface area contributed by atoms with E-state index in [0.717, 1.165) is 45.2 Å². The van der Waals surface area contributed by atoms with Crippen molar-refractivity contribution in [2.24, 2.45) is 17.8 Å². The van der Waals surface area contributed by atoms with Gasteiger partial charge in [-0.25, -0.2) is 0 Å². The van der Waals surface area contributed by atoms with Gasteiger partial charge in [-0.05, 0) is 31.6 Å². The number of amides is 2. The van der Waals surface area contributed by atoms with Crippen LogP contribution in [-0.4, -0.2) is 74.1 Å². The van der Waals surface area contributed by atoms with Crippen LogP contribution in [0.3, 0.4) is 0 Å². The number of carbonyl (C=O) groups excluding carboxylic acids is 2. The largest absolute Gasteiger partial charge is 0.503 e. The van der Waals surface area contributed by atoms with Gasteiger partial charge in [-0.15, -0.1) is 0 Å². The number of carbonyl (C=O) groups is 2. The monoisotopic (exact) mass is 527 g/mol. The quantitative estimate of drug-likeness (QED) is 0.138. The van der Waals surface area contributed by atoms with Crippen LogP contribution in [0.5, 0.6) is 5.75 Å². The Morgan fingerprint density at radius 1 is 1.11 bits per heavy atom. The molecule has 0 aliphatic carbocycles. The molecule has 11 nitrogen and oxygen atoms in total. The Morgan fingerprint density at radius 2 is 1.81 bits per heavy atom. The number of hydrogen-bond acceptors (Lipinski definition) is 6. The Labute approximate surface area is 220 Å². The molecular weight excluding hydrogens is 478 g/mol. The first-order chi connectivity index (χ1) is 17.8. The Bertz CT molecular complexity index is 845. The standard InChI is InChI=1S/C26H47N5O6/c1-4-6-20(14-28)12-21(11-19(5-2)13-27)15-29-26(35)22(30-25(34)18-37-10-9-36-3)16-31-8-7-23(32)24(33)17-31/h7-8,17,19-22,33H,4-6,9-16,18,27-28H2,1-3H3,(H,29,35)(H,30,34)/p+2. The zero-order valence-electron chi connectivity index (χ0n) is 22.9. The normalized spacial score (nSPS) is 14.5. The molecule has 0 fully saturated rings. The minimum absolute atomic E-state index is 0.0436. The van der Waals surface area contributed by atoms with Crippen molar-refractivity contribution in [1.82, 2.24) is 15.2 Å². The average molecular weight is 528 g/mol. The molecule has 1 aromatic heterocycles.